The lowest BCUT2D eigenvalue weighted by molar-refractivity contribution is -0.116. The zero-order chi connectivity index (χ0) is 24.6. The molecule has 4 rings (SSSR count). The monoisotopic (exact) mass is 488 g/mol. The number of aromatic nitrogens is 3. The summed E-state index contributed by atoms with van der Waals surface area (Å²) in [6.45, 7) is 4.81. The van der Waals surface area contributed by atoms with E-state index < -0.39 is 0 Å². The van der Waals surface area contributed by atoms with E-state index in [2.05, 4.69) is 29.5 Å². The third-order valence-electron chi connectivity index (χ3n) is 5.36. The third kappa shape index (κ3) is 6.16. The van der Waals surface area contributed by atoms with Crippen LogP contribution in [-0.2, 0) is 24.4 Å². The van der Waals surface area contributed by atoms with E-state index in [4.69, 9.17) is 21.7 Å². The molecule has 0 bridgehead atoms. The molecule has 1 amide bonds. The maximum Gasteiger partial charge on any atom is 0.246 e. The Morgan fingerprint density at radius 1 is 0.914 bits per heavy atom. The van der Waals surface area contributed by atoms with Crippen molar-refractivity contribution in [2.24, 2.45) is 0 Å². The Labute approximate surface area is 209 Å². The van der Waals surface area contributed by atoms with Crippen LogP contribution in [0.4, 0.5) is 5.69 Å². The molecule has 0 aliphatic carbocycles. The number of carbonyl (C=O) groups excluding carboxylic acids is 1. The highest BCUT2D eigenvalue weighted by Crippen LogP contribution is 2.18. The van der Waals surface area contributed by atoms with Gasteiger partial charge in [0, 0.05) is 11.4 Å². The number of aryl methyl sites for hydroxylation is 1. The highest BCUT2D eigenvalue weighted by atomic mass is 32.1. The molecule has 0 spiro atoms. The molecule has 180 valence electrons. The van der Waals surface area contributed by atoms with Crippen LogP contribution in [0.5, 0.6) is 11.5 Å². The van der Waals surface area contributed by atoms with Gasteiger partial charge in [-0.2, -0.15) is 5.10 Å². The smallest absolute Gasteiger partial charge is 0.246 e. The molecule has 3 aromatic carbocycles. The van der Waals surface area contributed by atoms with Crippen molar-refractivity contribution in [2.45, 2.75) is 33.4 Å². The molecule has 1 N–H and O–H groups in total. The van der Waals surface area contributed by atoms with Gasteiger partial charge in [-0.25, -0.2) is 4.68 Å². The van der Waals surface area contributed by atoms with Crippen LogP contribution in [0.3, 0.4) is 0 Å². The van der Waals surface area contributed by atoms with Crippen LogP contribution >= 0.6 is 12.2 Å². The predicted octanol–water partition coefficient (Wildman–Crippen LogP) is 5.58. The second-order valence-corrected chi connectivity index (χ2v) is 8.18. The zero-order valence-electron chi connectivity index (χ0n) is 19.8. The lowest BCUT2D eigenvalue weighted by Gasteiger charge is -2.09. The van der Waals surface area contributed by atoms with Crippen LogP contribution < -0.4 is 14.8 Å². The van der Waals surface area contributed by atoms with Gasteiger partial charge >= 0.3 is 0 Å². The molecule has 0 saturated carbocycles. The van der Waals surface area contributed by atoms with Gasteiger partial charge in [-0.3, -0.25) is 9.36 Å². The molecule has 0 aliphatic heterocycles. The Bertz CT molecular complexity index is 1310. The van der Waals surface area contributed by atoms with Gasteiger partial charge in [-0.05, 0) is 79.7 Å². The second kappa shape index (κ2) is 11.5. The van der Waals surface area contributed by atoms with E-state index in [0.29, 0.717) is 22.9 Å². The van der Waals surface area contributed by atoms with E-state index in [1.165, 1.54) is 10.2 Å². The van der Waals surface area contributed by atoms with Gasteiger partial charge in [0.1, 0.15) is 24.7 Å². The number of hydrogen-bond donors (Lipinski definition) is 1. The van der Waals surface area contributed by atoms with Crippen LogP contribution in [0.15, 0.2) is 78.9 Å². The molecule has 0 aliphatic rings. The topological polar surface area (TPSA) is 70.3 Å². The number of benzene rings is 3. The minimum absolute atomic E-state index is 0.0234. The highest BCUT2D eigenvalue weighted by Gasteiger charge is 2.16. The van der Waals surface area contributed by atoms with Gasteiger partial charge in [0.05, 0.1) is 6.61 Å². The number of rotatable bonds is 10. The number of ether oxygens (including phenoxy) is 2. The van der Waals surface area contributed by atoms with Crippen molar-refractivity contribution >= 4 is 23.8 Å². The number of carbonyl (C=O) groups is 1. The van der Waals surface area contributed by atoms with Crippen LogP contribution in [0.2, 0.25) is 0 Å². The van der Waals surface area contributed by atoms with Gasteiger partial charge in [-0.15, -0.1) is 0 Å². The first-order valence-electron chi connectivity index (χ1n) is 11.6. The molecule has 1 heterocycles. The third-order valence-corrected chi connectivity index (χ3v) is 5.76. The summed E-state index contributed by atoms with van der Waals surface area (Å²) >= 11 is 5.73. The number of hydrogen-bond acceptors (Lipinski definition) is 5. The Morgan fingerprint density at radius 2 is 1.60 bits per heavy atom. The van der Waals surface area contributed by atoms with E-state index in [1.807, 2.05) is 66.1 Å². The van der Waals surface area contributed by atoms with Gasteiger partial charge in [0.2, 0.25) is 10.7 Å². The number of para-hydroxylation sites is 1. The molecule has 0 atom stereocenters. The number of anilines is 1. The molecule has 0 unspecified atom stereocenters. The van der Waals surface area contributed by atoms with Crippen molar-refractivity contribution < 1.29 is 14.3 Å². The Kier molecular flexibility index (Phi) is 7.95. The number of nitrogens with one attached hydrogen (secondary N) is 1. The standard InChI is InChI=1S/C27H28N4O3S/c1-3-20-10-14-22(15-11-20)31-25(19-34-23-8-6-5-7-9-23)29-30(27(31)35)18-26(32)28-21-12-16-24(17-13-21)33-4-2/h5-17H,3-4,18-19H2,1-2H3,(H,28,32). The van der Waals surface area contributed by atoms with Crippen LogP contribution in [0.25, 0.3) is 5.69 Å². The zero-order valence-corrected chi connectivity index (χ0v) is 20.6. The molecular weight excluding hydrogens is 460 g/mol. The summed E-state index contributed by atoms with van der Waals surface area (Å²) in [5.41, 5.74) is 2.77. The average Bonchev–Trinajstić information content (AvgIpc) is 3.19. The first-order chi connectivity index (χ1) is 17.1. The van der Waals surface area contributed by atoms with Gasteiger partial charge in [0.25, 0.3) is 0 Å². The van der Waals surface area contributed by atoms with Crippen molar-refractivity contribution in [3.05, 3.63) is 95.0 Å². The molecule has 7 nitrogen and oxygen atoms in total. The van der Waals surface area contributed by atoms with Crippen molar-refractivity contribution in [2.75, 3.05) is 11.9 Å². The quantitative estimate of drug-likeness (QED) is 0.295. The predicted molar refractivity (Wildman–Crippen MR) is 139 cm³/mol. The van der Waals surface area contributed by atoms with Crippen molar-refractivity contribution in [1.29, 1.82) is 0 Å². The Morgan fingerprint density at radius 3 is 2.26 bits per heavy atom. The summed E-state index contributed by atoms with van der Waals surface area (Å²) in [5, 5.41) is 7.52. The molecule has 8 heteroatoms. The summed E-state index contributed by atoms with van der Waals surface area (Å²) in [7, 11) is 0. The fourth-order valence-electron chi connectivity index (χ4n) is 3.59. The normalized spacial score (nSPS) is 10.7. The summed E-state index contributed by atoms with van der Waals surface area (Å²) in [4.78, 5) is 12.8. The lowest BCUT2D eigenvalue weighted by Crippen LogP contribution is -2.20. The van der Waals surface area contributed by atoms with Gasteiger partial charge < -0.3 is 14.8 Å². The Hall–Kier alpha value is -3.91. The van der Waals surface area contributed by atoms with E-state index in [9.17, 15) is 4.79 Å². The first kappa shape index (κ1) is 24.2. The fourth-order valence-corrected chi connectivity index (χ4v) is 3.91. The molecule has 0 saturated heterocycles. The van der Waals surface area contributed by atoms with Crippen LogP contribution in [-0.4, -0.2) is 26.9 Å². The molecule has 0 radical (unpaired) electrons. The summed E-state index contributed by atoms with van der Waals surface area (Å²) in [6.07, 6.45) is 0.945. The average molecular weight is 489 g/mol. The summed E-state index contributed by atoms with van der Waals surface area (Å²) in [5.74, 6) is 1.86. The second-order valence-electron chi connectivity index (χ2n) is 7.82. The molecule has 0 fully saturated rings. The van der Waals surface area contributed by atoms with Gasteiger partial charge in [-0.1, -0.05) is 37.3 Å². The SMILES string of the molecule is CCOc1ccc(NC(=O)Cn2nc(COc3ccccc3)n(-c3ccc(CC)cc3)c2=S)cc1. The molecule has 4 aromatic rings. The summed E-state index contributed by atoms with van der Waals surface area (Å²) in [6, 6.07) is 24.9. The van der Waals surface area contributed by atoms with Crippen LogP contribution in [0, 0.1) is 4.77 Å². The lowest BCUT2D eigenvalue weighted by atomic mass is 10.1. The fraction of sp³-hybridized carbons (Fsp3) is 0.222. The largest absolute Gasteiger partial charge is 0.494 e. The minimum atomic E-state index is -0.230. The van der Waals surface area contributed by atoms with E-state index in [-0.39, 0.29) is 19.1 Å². The molecule has 35 heavy (non-hydrogen) atoms. The van der Waals surface area contributed by atoms with Crippen molar-refractivity contribution in [3.63, 3.8) is 0 Å². The maximum atomic E-state index is 12.8. The number of amides is 1. The van der Waals surface area contributed by atoms with E-state index >= 15 is 0 Å². The minimum Gasteiger partial charge on any atom is -0.494 e. The van der Waals surface area contributed by atoms with E-state index in [1.54, 1.807) is 12.1 Å². The van der Waals surface area contributed by atoms with Gasteiger partial charge in [0.15, 0.2) is 5.82 Å². The first-order valence-corrected chi connectivity index (χ1v) is 12.0. The maximum absolute atomic E-state index is 12.8. The van der Waals surface area contributed by atoms with E-state index in [0.717, 1.165) is 23.6 Å². The highest BCUT2D eigenvalue weighted by molar-refractivity contribution is 7.71. The van der Waals surface area contributed by atoms with Crippen molar-refractivity contribution in [3.8, 4) is 17.2 Å². The Balaban J connectivity index is 1.56. The number of nitrogens with zero attached hydrogens (tertiary/aromatic N) is 3. The summed E-state index contributed by atoms with van der Waals surface area (Å²) < 4.78 is 15.2. The molecular formula is C27H28N4O3S. The molecule has 1 aromatic heterocycles. The van der Waals surface area contributed by atoms with Crippen molar-refractivity contribution in [1.82, 2.24) is 14.3 Å². The van der Waals surface area contributed by atoms with Crippen LogP contribution in [0.1, 0.15) is 25.2 Å².